The number of hydrogen-bond donors (Lipinski definition) is 0. The summed E-state index contributed by atoms with van der Waals surface area (Å²) < 4.78 is 13.2. The summed E-state index contributed by atoms with van der Waals surface area (Å²) in [5.41, 5.74) is 5.37. The summed E-state index contributed by atoms with van der Waals surface area (Å²) in [6.45, 7) is 2.29. The van der Waals surface area contributed by atoms with Crippen LogP contribution in [0.2, 0.25) is 0 Å². The number of benzene rings is 2. The van der Waals surface area contributed by atoms with Crippen LogP contribution in [0.3, 0.4) is 0 Å². The molecule has 23 heavy (non-hydrogen) atoms. The number of halogens is 2. The van der Waals surface area contributed by atoms with Crippen LogP contribution in [-0.2, 0) is 22.7 Å². The van der Waals surface area contributed by atoms with E-state index in [4.69, 9.17) is 9.47 Å². The second-order valence-electron chi connectivity index (χ2n) is 4.86. The summed E-state index contributed by atoms with van der Waals surface area (Å²) in [6.07, 6.45) is 3.73. The van der Waals surface area contributed by atoms with Gasteiger partial charge in [0.1, 0.15) is 0 Å². The molecule has 2 aromatic rings. The molecular formula is C19H18Br2O2. The molecular weight excluding hydrogens is 420 g/mol. The highest BCUT2D eigenvalue weighted by Crippen LogP contribution is 2.11. The normalized spacial score (nSPS) is 10.2. The summed E-state index contributed by atoms with van der Waals surface area (Å²) in [7, 11) is 0. The Morgan fingerprint density at radius 3 is 1.48 bits per heavy atom. The first kappa shape index (κ1) is 18.2. The zero-order valence-electron chi connectivity index (χ0n) is 12.7. The third-order valence-electron chi connectivity index (χ3n) is 3.00. The molecule has 0 aliphatic heterocycles. The average molecular weight is 438 g/mol. The summed E-state index contributed by atoms with van der Waals surface area (Å²) in [5.74, 6) is 0. The summed E-state index contributed by atoms with van der Waals surface area (Å²) in [5, 5.41) is 0. The highest BCUT2D eigenvalue weighted by Gasteiger charge is 1.92. The van der Waals surface area contributed by atoms with Crippen molar-refractivity contribution in [3.05, 3.63) is 86.5 Å². The second kappa shape index (κ2) is 10.6. The van der Waals surface area contributed by atoms with E-state index in [-0.39, 0.29) is 0 Å². The highest BCUT2D eigenvalue weighted by molar-refractivity contribution is 9.10. The van der Waals surface area contributed by atoms with E-state index in [9.17, 15) is 0 Å². The third kappa shape index (κ3) is 7.78. The van der Waals surface area contributed by atoms with Gasteiger partial charge in [-0.3, -0.25) is 0 Å². The van der Waals surface area contributed by atoms with Crippen LogP contribution in [0.4, 0.5) is 0 Å². The minimum atomic E-state index is 0.541. The van der Waals surface area contributed by atoms with Crippen LogP contribution < -0.4 is 0 Å². The summed E-state index contributed by atoms with van der Waals surface area (Å²) in [6, 6.07) is 16.2. The van der Waals surface area contributed by atoms with Crippen molar-refractivity contribution in [1.82, 2.24) is 0 Å². The van der Waals surface area contributed by atoms with Crippen molar-refractivity contribution in [2.45, 2.75) is 13.2 Å². The van der Waals surface area contributed by atoms with E-state index in [0.29, 0.717) is 26.4 Å². The van der Waals surface area contributed by atoms with Gasteiger partial charge in [-0.05, 0) is 47.5 Å². The van der Waals surface area contributed by atoms with Crippen molar-refractivity contribution >= 4 is 31.9 Å². The molecule has 0 unspecified atom stereocenters. The Bertz CT molecular complexity index is 587. The Morgan fingerprint density at radius 2 is 1.09 bits per heavy atom. The van der Waals surface area contributed by atoms with E-state index in [1.165, 1.54) is 0 Å². The fraction of sp³-hybridized carbons (Fsp3) is 0.211. The van der Waals surface area contributed by atoms with Crippen LogP contribution in [-0.4, -0.2) is 13.2 Å². The molecule has 0 aliphatic carbocycles. The Morgan fingerprint density at radius 1 is 0.696 bits per heavy atom. The predicted molar refractivity (Wildman–Crippen MR) is 100 cm³/mol. The molecule has 120 valence electrons. The number of ether oxygens (including phenoxy) is 2. The molecule has 0 atom stereocenters. The van der Waals surface area contributed by atoms with Crippen LogP contribution >= 0.6 is 31.9 Å². The maximum absolute atomic E-state index is 5.55. The highest BCUT2D eigenvalue weighted by atomic mass is 79.9. The van der Waals surface area contributed by atoms with Gasteiger partial charge in [0.05, 0.1) is 26.4 Å². The standard InChI is InChI=1S/C19H18Br2O2/c20-18-8-4-16(5-9-18)14-22-12-2-1-3-13-23-15-17-6-10-19(21)11-7-17/h2-11H,12-15H2. The van der Waals surface area contributed by atoms with Crippen molar-refractivity contribution in [2.24, 2.45) is 0 Å². The molecule has 2 aromatic carbocycles. The Hall–Kier alpha value is -1.16. The molecule has 2 rings (SSSR count). The van der Waals surface area contributed by atoms with E-state index >= 15 is 0 Å². The quantitative estimate of drug-likeness (QED) is 0.392. The topological polar surface area (TPSA) is 18.5 Å². The molecule has 0 N–H and O–H groups in total. The minimum absolute atomic E-state index is 0.541. The Balaban J connectivity index is 1.57. The Labute approximate surface area is 154 Å². The van der Waals surface area contributed by atoms with Crippen molar-refractivity contribution in [2.75, 3.05) is 13.2 Å². The van der Waals surface area contributed by atoms with Crippen LogP contribution in [0.5, 0.6) is 0 Å². The van der Waals surface area contributed by atoms with Gasteiger partial charge < -0.3 is 9.47 Å². The van der Waals surface area contributed by atoms with E-state index < -0.39 is 0 Å². The van der Waals surface area contributed by atoms with Crippen LogP contribution in [0, 0.1) is 0 Å². The molecule has 0 fully saturated rings. The second-order valence-corrected chi connectivity index (χ2v) is 6.69. The van der Waals surface area contributed by atoms with Crippen LogP contribution in [0.1, 0.15) is 11.1 Å². The lowest BCUT2D eigenvalue weighted by atomic mass is 10.2. The van der Waals surface area contributed by atoms with Crippen LogP contribution in [0.25, 0.3) is 0 Å². The van der Waals surface area contributed by atoms with Crippen molar-refractivity contribution in [1.29, 1.82) is 0 Å². The fourth-order valence-corrected chi connectivity index (χ4v) is 2.34. The van der Waals surface area contributed by atoms with Gasteiger partial charge in [0, 0.05) is 8.95 Å². The average Bonchev–Trinajstić information content (AvgIpc) is 2.56. The van der Waals surface area contributed by atoms with Crippen molar-refractivity contribution in [3.63, 3.8) is 0 Å². The molecule has 4 heteroatoms. The lowest BCUT2D eigenvalue weighted by Gasteiger charge is -2.01. The van der Waals surface area contributed by atoms with Gasteiger partial charge in [-0.1, -0.05) is 56.1 Å². The first-order chi connectivity index (χ1) is 11.2. The molecule has 0 aromatic heterocycles. The zero-order chi connectivity index (χ0) is 16.3. The molecule has 0 heterocycles. The molecule has 0 saturated heterocycles. The molecule has 0 saturated carbocycles. The van der Waals surface area contributed by atoms with Gasteiger partial charge >= 0.3 is 0 Å². The summed E-state index contributed by atoms with van der Waals surface area (Å²) in [4.78, 5) is 0. The van der Waals surface area contributed by atoms with E-state index in [2.05, 4.69) is 37.6 Å². The largest absolute Gasteiger partial charge is 0.372 e. The van der Waals surface area contributed by atoms with Gasteiger partial charge in [0.15, 0.2) is 0 Å². The molecule has 0 amide bonds. The van der Waals surface area contributed by atoms with Gasteiger partial charge in [-0.25, -0.2) is 0 Å². The van der Waals surface area contributed by atoms with E-state index in [0.717, 1.165) is 20.1 Å². The molecule has 0 spiro atoms. The Kier molecular flexibility index (Phi) is 8.37. The lowest BCUT2D eigenvalue weighted by Crippen LogP contribution is -1.93. The van der Waals surface area contributed by atoms with E-state index in [1.807, 2.05) is 60.7 Å². The fourth-order valence-electron chi connectivity index (χ4n) is 1.81. The molecule has 0 radical (unpaired) electrons. The number of hydrogen-bond acceptors (Lipinski definition) is 2. The smallest absolute Gasteiger partial charge is 0.0725 e. The first-order valence-corrected chi connectivity index (χ1v) is 8.86. The van der Waals surface area contributed by atoms with Crippen molar-refractivity contribution < 1.29 is 9.47 Å². The maximum atomic E-state index is 5.55. The van der Waals surface area contributed by atoms with Gasteiger partial charge in [-0.2, -0.15) is 0 Å². The summed E-state index contributed by atoms with van der Waals surface area (Å²) >= 11 is 6.82. The van der Waals surface area contributed by atoms with Gasteiger partial charge in [0.25, 0.3) is 0 Å². The molecule has 2 nitrogen and oxygen atoms in total. The minimum Gasteiger partial charge on any atom is -0.372 e. The van der Waals surface area contributed by atoms with E-state index in [1.54, 1.807) is 0 Å². The van der Waals surface area contributed by atoms with Crippen molar-refractivity contribution in [3.8, 4) is 0 Å². The zero-order valence-corrected chi connectivity index (χ0v) is 15.8. The van der Waals surface area contributed by atoms with Gasteiger partial charge in [0.2, 0.25) is 0 Å². The van der Waals surface area contributed by atoms with Crippen LogP contribution in [0.15, 0.2) is 75.4 Å². The monoisotopic (exact) mass is 436 g/mol. The molecule has 0 bridgehead atoms. The SMILES string of the molecule is Brc1ccc(COCC=C=CCOCc2ccc(Br)cc2)cc1. The third-order valence-corrected chi connectivity index (χ3v) is 4.06. The predicted octanol–water partition coefficient (Wildman–Crippen LogP) is 5.66. The number of rotatable bonds is 8. The maximum Gasteiger partial charge on any atom is 0.0725 e. The lowest BCUT2D eigenvalue weighted by molar-refractivity contribution is 0.147. The first-order valence-electron chi connectivity index (χ1n) is 7.28. The van der Waals surface area contributed by atoms with Gasteiger partial charge in [-0.15, -0.1) is 5.73 Å². The molecule has 0 aliphatic rings.